The quantitative estimate of drug-likeness (QED) is 0.795. The van der Waals surface area contributed by atoms with Crippen molar-refractivity contribution in [2.24, 2.45) is 0 Å². The molecule has 2 aromatic carbocycles. The smallest absolute Gasteiger partial charge is 0.323 e. The van der Waals surface area contributed by atoms with Crippen LogP contribution in [0.25, 0.3) is 0 Å². The Morgan fingerprint density at radius 1 is 1.14 bits per heavy atom. The van der Waals surface area contributed by atoms with E-state index in [0.29, 0.717) is 27.8 Å². The number of nitrogens with one attached hydrogen (secondary N) is 3. The van der Waals surface area contributed by atoms with Crippen LogP contribution in [0.1, 0.15) is 0 Å². The van der Waals surface area contributed by atoms with E-state index in [1.807, 2.05) is 0 Å². The van der Waals surface area contributed by atoms with Crippen LogP contribution in [0.2, 0.25) is 5.02 Å². The highest BCUT2D eigenvalue weighted by Crippen LogP contribution is 2.34. The molecular weight excluding hydrogens is 306 g/mol. The van der Waals surface area contributed by atoms with Gasteiger partial charge in [-0.05, 0) is 36.4 Å². The first-order valence-corrected chi connectivity index (χ1v) is 6.89. The van der Waals surface area contributed by atoms with E-state index in [-0.39, 0.29) is 12.5 Å². The predicted octanol–water partition coefficient (Wildman–Crippen LogP) is 3.31. The van der Waals surface area contributed by atoms with E-state index in [1.54, 1.807) is 42.5 Å². The van der Waals surface area contributed by atoms with E-state index in [2.05, 4.69) is 16.0 Å². The van der Waals surface area contributed by atoms with Gasteiger partial charge in [0.05, 0.1) is 5.69 Å². The second-order valence-corrected chi connectivity index (χ2v) is 5.04. The monoisotopic (exact) mass is 317 g/mol. The zero-order valence-electron chi connectivity index (χ0n) is 11.4. The van der Waals surface area contributed by atoms with Gasteiger partial charge in [0.25, 0.3) is 5.91 Å². The minimum absolute atomic E-state index is 0.0343. The second-order valence-electron chi connectivity index (χ2n) is 4.60. The van der Waals surface area contributed by atoms with E-state index in [0.717, 1.165) is 0 Å². The summed E-state index contributed by atoms with van der Waals surface area (Å²) in [7, 11) is 0. The lowest BCUT2D eigenvalue weighted by Gasteiger charge is -2.20. The van der Waals surface area contributed by atoms with Crippen molar-refractivity contribution in [1.29, 1.82) is 0 Å². The first-order chi connectivity index (χ1) is 10.6. The summed E-state index contributed by atoms with van der Waals surface area (Å²) in [6, 6.07) is 11.4. The Labute approximate surface area is 131 Å². The number of fused-ring (bicyclic) bond motifs is 1. The van der Waals surface area contributed by atoms with E-state index >= 15 is 0 Å². The number of para-hydroxylation sites is 1. The van der Waals surface area contributed by atoms with Gasteiger partial charge in [-0.3, -0.25) is 4.79 Å². The van der Waals surface area contributed by atoms with Gasteiger partial charge in [-0.1, -0.05) is 17.7 Å². The molecule has 1 heterocycles. The summed E-state index contributed by atoms with van der Waals surface area (Å²) in [5.41, 5.74) is 1.51. The van der Waals surface area contributed by atoms with Gasteiger partial charge in [-0.2, -0.15) is 0 Å². The maximum Gasteiger partial charge on any atom is 0.323 e. The summed E-state index contributed by atoms with van der Waals surface area (Å²) < 4.78 is 5.29. The van der Waals surface area contributed by atoms with Crippen LogP contribution in [0.15, 0.2) is 42.5 Å². The maximum absolute atomic E-state index is 12.0. The molecule has 7 heteroatoms. The molecule has 3 amide bonds. The number of rotatable bonds is 2. The van der Waals surface area contributed by atoms with Crippen molar-refractivity contribution >= 4 is 40.6 Å². The molecule has 22 heavy (non-hydrogen) atoms. The molecule has 2 aromatic rings. The molecule has 0 spiro atoms. The number of hydrogen-bond acceptors (Lipinski definition) is 3. The number of benzene rings is 2. The zero-order chi connectivity index (χ0) is 15.5. The number of anilines is 3. The van der Waals surface area contributed by atoms with Crippen LogP contribution >= 0.6 is 11.6 Å². The van der Waals surface area contributed by atoms with E-state index < -0.39 is 6.03 Å². The summed E-state index contributed by atoms with van der Waals surface area (Å²) in [6.45, 7) is -0.0343. The van der Waals surface area contributed by atoms with Crippen molar-refractivity contribution in [3.05, 3.63) is 47.5 Å². The molecule has 0 aliphatic carbocycles. The molecule has 0 fully saturated rings. The van der Waals surface area contributed by atoms with E-state index in [4.69, 9.17) is 16.3 Å². The molecule has 6 nitrogen and oxygen atoms in total. The molecule has 0 radical (unpaired) electrons. The van der Waals surface area contributed by atoms with Crippen molar-refractivity contribution in [2.75, 3.05) is 22.6 Å². The lowest BCUT2D eigenvalue weighted by molar-refractivity contribution is -0.118. The minimum Gasteiger partial charge on any atom is -0.481 e. The van der Waals surface area contributed by atoms with Gasteiger partial charge in [0.2, 0.25) is 0 Å². The summed E-state index contributed by atoms with van der Waals surface area (Å²) in [5, 5.41) is 8.62. The molecule has 112 valence electrons. The number of hydrogen-bond donors (Lipinski definition) is 3. The third kappa shape index (κ3) is 3.12. The van der Waals surface area contributed by atoms with Crippen LogP contribution in [0.3, 0.4) is 0 Å². The molecule has 0 unspecified atom stereocenters. The Kier molecular flexibility index (Phi) is 3.84. The summed E-state index contributed by atoms with van der Waals surface area (Å²) in [4.78, 5) is 23.4. The van der Waals surface area contributed by atoms with Gasteiger partial charge in [-0.15, -0.1) is 0 Å². The van der Waals surface area contributed by atoms with Crippen LogP contribution < -0.4 is 20.7 Å². The third-order valence-electron chi connectivity index (χ3n) is 3.00. The number of amides is 3. The number of halogens is 1. The van der Waals surface area contributed by atoms with E-state index in [1.165, 1.54) is 0 Å². The van der Waals surface area contributed by atoms with Crippen LogP contribution in [-0.2, 0) is 4.79 Å². The Balaban J connectivity index is 1.74. The van der Waals surface area contributed by atoms with Crippen molar-refractivity contribution in [1.82, 2.24) is 0 Å². The van der Waals surface area contributed by atoms with E-state index in [9.17, 15) is 9.59 Å². The normalized spacial score (nSPS) is 12.7. The molecule has 0 aromatic heterocycles. The lowest BCUT2D eigenvalue weighted by atomic mass is 10.2. The third-order valence-corrected chi connectivity index (χ3v) is 3.25. The number of carbonyl (C=O) groups excluding carboxylic acids is 2. The SMILES string of the molecule is O=C1COc2cccc(NC(=O)Nc3ccc(Cl)cc3)c2N1. The standard InChI is InChI=1S/C15H12ClN3O3/c16-9-4-6-10(7-5-9)17-15(21)18-11-2-1-3-12-14(11)19-13(20)8-22-12/h1-7H,8H2,(H,19,20)(H2,17,18,21). The van der Waals surface area contributed by atoms with Gasteiger partial charge in [0, 0.05) is 10.7 Å². The Hall–Kier alpha value is -2.73. The fourth-order valence-electron chi connectivity index (χ4n) is 2.02. The van der Waals surface area contributed by atoms with Crippen LogP contribution in [0.5, 0.6) is 5.75 Å². The van der Waals surface area contributed by atoms with Gasteiger partial charge in [0.1, 0.15) is 11.4 Å². The highest BCUT2D eigenvalue weighted by Gasteiger charge is 2.19. The molecule has 0 saturated carbocycles. The van der Waals surface area contributed by atoms with Crippen LogP contribution in [-0.4, -0.2) is 18.5 Å². The highest BCUT2D eigenvalue weighted by molar-refractivity contribution is 6.30. The van der Waals surface area contributed by atoms with Crippen molar-refractivity contribution in [3.63, 3.8) is 0 Å². The molecular formula is C15H12ClN3O3. The summed E-state index contributed by atoms with van der Waals surface area (Å²) in [6.07, 6.45) is 0. The Morgan fingerprint density at radius 2 is 1.91 bits per heavy atom. The fraction of sp³-hybridized carbons (Fsp3) is 0.0667. The van der Waals surface area contributed by atoms with Crippen LogP contribution in [0.4, 0.5) is 21.9 Å². The summed E-state index contributed by atoms with van der Waals surface area (Å²) in [5.74, 6) is 0.253. The first kappa shape index (κ1) is 14.2. The Morgan fingerprint density at radius 3 is 2.68 bits per heavy atom. The van der Waals surface area contributed by atoms with Gasteiger partial charge < -0.3 is 20.7 Å². The average molecular weight is 318 g/mol. The largest absolute Gasteiger partial charge is 0.481 e. The number of urea groups is 1. The molecule has 3 rings (SSSR count). The maximum atomic E-state index is 12.0. The summed E-state index contributed by atoms with van der Waals surface area (Å²) >= 11 is 5.79. The van der Waals surface area contributed by atoms with Crippen LogP contribution in [0, 0.1) is 0 Å². The molecule has 3 N–H and O–H groups in total. The molecule has 0 bridgehead atoms. The minimum atomic E-state index is -0.435. The fourth-order valence-corrected chi connectivity index (χ4v) is 2.15. The second kappa shape index (κ2) is 5.95. The van der Waals surface area contributed by atoms with Crippen molar-refractivity contribution in [2.45, 2.75) is 0 Å². The van der Waals surface area contributed by atoms with Crippen molar-refractivity contribution < 1.29 is 14.3 Å². The van der Waals surface area contributed by atoms with Gasteiger partial charge in [0.15, 0.2) is 6.61 Å². The highest BCUT2D eigenvalue weighted by atomic mass is 35.5. The van der Waals surface area contributed by atoms with Gasteiger partial charge in [-0.25, -0.2) is 4.79 Å². The Bertz CT molecular complexity index is 731. The molecule has 1 aliphatic heterocycles. The predicted molar refractivity (Wildman–Crippen MR) is 84.7 cm³/mol. The zero-order valence-corrected chi connectivity index (χ0v) is 12.1. The lowest BCUT2D eigenvalue weighted by Crippen LogP contribution is -2.27. The average Bonchev–Trinajstić information content (AvgIpc) is 2.50. The number of ether oxygens (including phenoxy) is 1. The first-order valence-electron chi connectivity index (χ1n) is 6.51. The van der Waals surface area contributed by atoms with Crippen molar-refractivity contribution in [3.8, 4) is 5.75 Å². The molecule has 0 atom stereocenters. The number of carbonyl (C=O) groups is 2. The molecule has 0 saturated heterocycles. The topological polar surface area (TPSA) is 79.5 Å². The van der Waals surface area contributed by atoms with Gasteiger partial charge >= 0.3 is 6.03 Å². The molecule has 1 aliphatic rings.